The maximum absolute atomic E-state index is 9.98. The second-order valence-electron chi connectivity index (χ2n) is 4.13. The molecule has 0 aromatic heterocycles. The average molecular weight is 327 g/mol. The van der Waals surface area contributed by atoms with Gasteiger partial charge in [0.05, 0.1) is 21.4 Å². The molecule has 2 aromatic rings. The number of amides is 1. The first kappa shape index (κ1) is 17.1. The molecule has 6 N–H and O–H groups in total. The summed E-state index contributed by atoms with van der Waals surface area (Å²) < 4.78 is 0. The Bertz CT molecular complexity index is 620. The third kappa shape index (κ3) is 5.51. The molecule has 112 valence electrons. The number of aryl methyl sites for hydroxylation is 1. The van der Waals surface area contributed by atoms with E-state index in [0.29, 0.717) is 27.8 Å². The maximum atomic E-state index is 9.98. The summed E-state index contributed by atoms with van der Waals surface area (Å²) in [5, 5.41) is 3.36. The minimum Gasteiger partial charge on any atom is -0.397 e. The molecule has 0 aliphatic heterocycles. The zero-order valence-corrected chi connectivity index (χ0v) is 12.9. The topological polar surface area (TPSA) is 93.2 Å². The Labute approximate surface area is 133 Å². The predicted molar refractivity (Wildman–Crippen MR) is 89.6 cm³/mol. The Morgan fingerprint density at radius 2 is 1.81 bits per heavy atom. The van der Waals surface area contributed by atoms with Crippen LogP contribution in [-0.4, -0.2) is 6.41 Å². The molecule has 21 heavy (non-hydrogen) atoms. The molecule has 0 saturated carbocycles. The molecule has 2 aromatic carbocycles. The van der Waals surface area contributed by atoms with Crippen LogP contribution < -0.4 is 22.3 Å². The molecule has 7 heteroatoms. The fourth-order valence-electron chi connectivity index (χ4n) is 1.47. The highest BCUT2D eigenvalue weighted by molar-refractivity contribution is 6.42. The SMILES string of the molecule is Cc1ccc(NN)c(N)c1.O=CNc1ccc(Cl)c(Cl)c1. The molecule has 0 saturated heterocycles. The summed E-state index contributed by atoms with van der Waals surface area (Å²) in [4.78, 5) is 9.98. The van der Waals surface area contributed by atoms with Crippen molar-refractivity contribution < 1.29 is 4.79 Å². The van der Waals surface area contributed by atoms with E-state index >= 15 is 0 Å². The van der Waals surface area contributed by atoms with Crippen LogP contribution in [0.4, 0.5) is 17.1 Å². The predicted octanol–water partition coefficient (Wildman–Crippen LogP) is 3.42. The number of hydrogen-bond acceptors (Lipinski definition) is 4. The molecular weight excluding hydrogens is 311 g/mol. The highest BCUT2D eigenvalue weighted by Crippen LogP contribution is 2.24. The van der Waals surface area contributed by atoms with Gasteiger partial charge in [-0.1, -0.05) is 29.3 Å². The van der Waals surface area contributed by atoms with Gasteiger partial charge in [0.1, 0.15) is 0 Å². The van der Waals surface area contributed by atoms with Gasteiger partial charge < -0.3 is 16.5 Å². The number of carbonyl (C=O) groups is 1. The van der Waals surface area contributed by atoms with Crippen molar-refractivity contribution in [3.05, 3.63) is 52.0 Å². The van der Waals surface area contributed by atoms with Gasteiger partial charge in [-0.3, -0.25) is 10.6 Å². The van der Waals surface area contributed by atoms with Gasteiger partial charge in [-0.05, 0) is 42.8 Å². The number of hydrogen-bond donors (Lipinski definition) is 4. The van der Waals surface area contributed by atoms with E-state index < -0.39 is 0 Å². The molecule has 0 bridgehead atoms. The van der Waals surface area contributed by atoms with Crippen LogP contribution in [0.15, 0.2) is 36.4 Å². The first-order chi connectivity index (χ1) is 9.97. The lowest BCUT2D eigenvalue weighted by Gasteiger charge is -2.03. The Balaban J connectivity index is 0.000000211. The van der Waals surface area contributed by atoms with Crippen LogP contribution in [0.3, 0.4) is 0 Å². The highest BCUT2D eigenvalue weighted by Gasteiger charge is 1.97. The van der Waals surface area contributed by atoms with Crippen LogP contribution in [0.25, 0.3) is 0 Å². The highest BCUT2D eigenvalue weighted by atomic mass is 35.5. The fourth-order valence-corrected chi connectivity index (χ4v) is 1.77. The summed E-state index contributed by atoms with van der Waals surface area (Å²) in [5.74, 6) is 5.17. The Hall–Kier alpha value is -1.95. The van der Waals surface area contributed by atoms with E-state index in [1.165, 1.54) is 0 Å². The number of anilines is 3. The largest absolute Gasteiger partial charge is 0.397 e. The van der Waals surface area contributed by atoms with Crippen LogP contribution in [0, 0.1) is 6.92 Å². The second-order valence-corrected chi connectivity index (χ2v) is 4.94. The van der Waals surface area contributed by atoms with Gasteiger partial charge in [0.15, 0.2) is 0 Å². The zero-order valence-electron chi connectivity index (χ0n) is 11.4. The molecule has 5 nitrogen and oxygen atoms in total. The van der Waals surface area contributed by atoms with Crippen molar-refractivity contribution in [1.29, 1.82) is 0 Å². The number of hydrazine groups is 1. The van der Waals surface area contributed by atoms with Crippen molar-refractivity contribution in [2.75, 3.05) is 16.5 Å². The molecule has 0 fully saturated rings. The van der Waals surface area contributed by atoms with Gasteiger partial charge >= 0.3 is 0 Å². The van der Waals surface area contributed by atoms with Crippen molar-refractivity contribution in [2.45, 2.75) is 6.92 Å². The van der Waals surface area contributed by atoms with E-state index in [-0.39, 0.29) is 0 Å². The van der Waals surface area contributed by atoms with Crippen molar-refractivity contribution in [3.63, 3.8) is 0 Å². The van der Waals surface area contributed by atoms with Gasteiger partial charge in [0.25, 0.3) is 0 Å². The van der Waals surface area contributed by atoms with Crippen LogP contribution in [0.1, 0.15) is 5.56 Å². The third-order valence-electron chi connectivity index (χ3n) is 2.51. The molecule has 0 heterocycles. The van der Waals surface area contributed by atoms with Crippen LogP contribution in [0.2, 0.25) is 10.0 Å². The lowest BCUT2D eigenvalue weighted by Crippen LogP contribution is -2.08. The number of carbonyl (C=O) groups excluding carboxylic acids is 1. The summed E-state index contributed by atoms with van der Waals surface area (Å²) in [5.41, 5.74) is 11.3. The molecule has 0 radical (unpaired) electrons. The van der Waals surface area contributed by atoms with E-state index in [0.717, 1.165) is 11.3 Å². The van der Waals surface area contributed by atoms with Crippen LogP contribution in [0.5, 0.6) is 0 Å². The van der Waals surface area contributed by atoms with E-state index in [1.807, 2.05) is 25.1 Å². The molecule has 2 rings (SSSR count). The monoisotopic (exact) mass is 326 g/mol. The molecule has 0 spiro atoms. The van der Waals surface area contributed by atoms with Crippen LogP contribution in [-0.2, 0) is 4.79 Å². The van der Waals surface area contributed by atoms with E-state index in [4.69, 9.17) is 34.8 Å². The van der Waals surface area contributed by atoms with E-state index in [2.05, 4.69) is 10.7 Å². The second kappa shape index (κ2) is 8.36. The fraction of sp³-hybridized carbons (Fsp3) is 0.0714. The Morgan fingerprint density at radius 1 is 1.10 bits per heavy atom. The van der Waals surface area contributed by atoms with Gasteiger partial charge in [0.2, 0.25) is 6.41 Å². The molecule has 0 atom stereocenters. The van der Waals surface area contributed by atoms with Gasteiger partial charge in [-0.2, -0.15) is 0 Å². The summed E-state index contributed by atoms with van der Waals surface area (Å²) >= 11 is 11.3. The molecule has 1 amide bonds. The van der Waals surface area contributed by atoms with Crippen molar-refractivity contribution in [3.8, 4) is 0 Å². The first-order valence-corrected chi connectivity index (χ1v) is 6.71. The van der Waals surface area contributed by atoms with E-state index in [9.17, 15) is 4.79 Å². The first-order valence-electron chi connectivity index (χ1n) is 5.96. The quantitative estimate of drug-likeness (QED) is 0.301. The van der Waals surface area contributed by atoms with Crippen molar-refractivity contribution in [1.82, 2.24) is 0 Å². The van der Waals surface area contributed by atoms with Crippen molar-refractivity contribution in [2.24, 2.45) is 5.84 Å². The normalized spacial score (nSPS) is 9.33. The number of nitrogens with two attached hydrogens (primary N) is 2. The lowest BCUT2D eigenvalue weighted by atomic mass is 10.2. The van der Waals surface area contributed by atoms with Gasteiger partial charge in [-0.25, -0.2) is 0 Å². The number of benzene rings is 2. The molecule has 0 unspecified atom stereocenters. The molecule has 0 aliphatic rings. The summed E-state index contributed by atoms with van der Waals surface area (Å²) in [6.07, 6.45) is 0.583. The lowest BCUT2D eigenvalue weighted by molar-refractivity contribution is -0.105. The summed E-state index contributed by atoms with van der Waals surface area (Å²) in [7, 11) is 0. The maximum Gasteiger partial charge on any atom is 0.211 e. The van der Waals surface area contributed by atoms with Crippen molar-refractivity contribution >= 4 is 46.7 Å². The minimum absolute atomic E-state index is 0.429. The van der Waals surface area contributed by atoms with Crippen LogP contribution >= 0.6 is 23.2 Å². The molecular formula is C14H16Cl2N4O. The standard InChI is InChI=1S/C7H5Cl2NO.C7H11N3/c8-6-2-1-5(10-4-11)3-7(6)9;1-5-2-3-7(10-9)6(8)4-5/h1-4H,(H,10,11);2-4,10H,8-9H2,1H3. The van der Waals surface area contributed by atoms with Gasteiger partial charge in [0, 0.05) is 5.69 Å². The zero-order chi connectivity index (χ0) is 15.8. The summed E-state index contributed by atoms with van der Waals surface area (Å²) in [6, 6.07) is 10.5. The smallest absolute Gasteiger partial charge is 0.211 e. The van der Waals surface area contributed by atoms with E-state index in [1.54, 1.807) is 18.2 Å². The summed E-state index contributed by atoms with van der Waals surface area (Å²) in [6.45, 7) is 1.98. The number of nitrogen functional groups attached to an aromatic ring is 2. The molecule has 0 aliphatic carbocycles. The Kier molecular flexibility index (Phi) is 6.81. The number of nitrogens with one attached hydrogen (secondary N) is 2. The Morgan fingerprint density at radius 3 is 2.33 bits per heavy atom. The third-order valence-corrected chi connectivity index (χ3v) is 3.25. The number of halogens is 2. The minimum atomic E-state index is 0.429. The van der Waals surface area contributed by atoms with Gasteiger partial charge in [-0.15, -0.1) is 0 Å². The average Bonchev–Trinajstić information content (AvgIpc) is 2.44. The number of rotatable bonds is 3.